The molecule has 3 aromatic rings. The number of anilines is 2. The van der Waals surface area contributed by atoms with E-state index in [1.165, 1.54) is 33.6 Å². The molecule has 1 N–H and O–H groups in total. The maximum absolute atomic E-state index is 13.5. The van der Waals surface area contributed by atoms with E-state index < -0.39 is 0 Å². The van der Waals surface area contributed by atoms with Crippen LogP contribution in [0.3, 0.4) is 0 Å². The molecule has 3 aromatic carbocycles. The zero-order valence-corrected chi connectivity index (χ0v) is 30.2. The van der Waals surface area contributed by atoms with Crippen molar-refractivity contribution < 1.29 is 14.5 Å². The van der Waals surface area contributed by atoms with Crippen molar-refractivity contribution in [2.45, 2.75) is 81.1 Å². The van der Waals surface area contributed by atoms with E-state index in [2.05, 4.69) is 126 Å². The normalized spacial score (nSPS) is 14.5. The van der Waals surface area contributed by atoms with Gasteiger partial charge in [0.2, 0.25) is 17.2 Å². The Hall–Kier alpha value is -4.44. The third-order valence-electron chi connectivity index (χ3n) is 9.48. The standard InChI is InChI=1S/C44H52N2O2/c1-29(2)11-9-25-45(39-23-13-31(5)27-33(39)7)37-19-15-35(16-20-37)41-43(47)42(44(41)48)36-17-21-38(22-18-36)46(26-10-12-30(3)4)40-24-14-32(6)28-34(40)8/h13-24,27-30H,9-12,25-26H2,1-8H3/p+1. The fraction of sp³-hybridized carbons (Fsp3) is 0.364. The van der Waals surface area contributed by atoms with Crippen LogP contribution in [-0.4, -0.2) is 34.3 Å². The Bertz CT molecular complexity index is 1810. The van der Waals surface area contributed by atoms with Crippen LogP contribution < -0.4 is 4.90 Å². The summed E-state index contributed by atoms with van der Waals surface area (Å²) in [7, 11) is 0. The molecule has 0 saturated carbocycles. The second-order valence-corrected chi connectivity index (χ2v) is 14.5. The van der Waals surface area contributed by atoms with Crippen molar-refractivity contribution in [3.05, 3.63) is 130 Å². The number of aliphatic hydroxyl groups is 1. The summed E-state index contributed by atoms with van der Waals surface area (Å²) in [4.78, 5) is 15.9. The fourth-order valence-corrected chi connectivity index (χ4v) is 6.86. The largest absolute Gasteiger partial charge is 0.506 e. The van der Waals surface area contributed by atoms with Crippen molar-refractivity contribution in [3.8, 4) is 0 Å². The number of Topliss-reactive ketones (excluding diaryl/α,β-unsaturated/α-hetero) is 1. The maximum Gasteiger partial charge on any atom is 0.208 e. The van der Waals surface area contributed by atoms with Gasteiger partial charge in [-0.15, -0.1) is 0 Å². The van der Waals surface area contributed by atoms with Crippen molar-refractivity contribution in [1.29, 1.82) is 0 Å². The maximum atomic E-state index is 13.5. The van der Waals surface area contributed by atoms with Gasteiger partial charge < -0.3 is 10.0 Å². The lowest BCUT2D eigenvalue weighted by molar-refractivity contribution is -0.440. The first-order chi connectivity index (χ1) is 22.9. The van der Waals surface area contributed by atoms with Gasteiger partial charge in [0.05, 0.1) is 11.1 Å². The van der Waals surface area contributed by atoms with E-state index in [9.17, 15) is 9.90 Å². The summed E-state index contributed by atoms with van der Waals surface area (Å²) in [6.07, 6.45) is 12.6. The topological polar surface area (TPSA) is 43.5 Å². The van der Waals surface area contributed by atoms with E-state index in [-0.39, 0.29) is 11.5 Å². The molecule has 0 heterocycles. The predicted octanol–water partition coefficient (Wildman–Crippen LogP) is 11.0. The van der Waals surface area contributed by atoms with Gasteiger partial charge in [-0.2, -0.15) is 4.58 Å². The number of allylic oxidation sites excluding steroid dienone is 7. The van der Waals surface area contributed by atoms with Gasteiger partial charge in [0.1, 0.15) is 12.3 Å². The quantitative estimate of drug-likeness (QED) is 0.158. The lowest BCUT2D eigenvalue weighted by Gasteiger charge is -2.28. The molecule has 2 aliphatic carbocycles. The highest BCUT2D eigenvalue weighted by atomic mass is 16.3. The highest BCUT2D eigenvalue weighted by Crippen LogP contribution is 2.40. The van der Waals surface area contributed by atoms with Gasteiger partial charge in [-0.05, 0) is 112 Å². The third-order valence-corrected chi connectivity index (χ3v) is 9.48. The summed E-state index contributed by atoms with van der Waals surface area (Å²) in [5, 5.41) is 11.2. The Kier molecular flexibility index (Phi) is 11.0. The van der Waals surface area contributed by atoms with E-state index in [4.69, 9.17) is 0 Å². The molecule has 0 atom stereocenters. The molecule has 4 nitrogen and oxygen atoms in total. The van der Waals surface area contributed by atoms with Gasteiger partial charge in [0, 0.05) is 48.1 Å². The number of benzene rings is 3. The van der Waals surface area contributed by atoms with Crippen molar-refractivity contribution in [3.63, 3.8) is 0 Å². The monoisotopic (exact) mass is 641 g/mol. The summed E-state index contributed by atoms with van der Waals surface area (Å²) in [6, 6.07) is 21.3. The number of nitrogens with zero attached hydrogens (tertiary/aromatic N) is 2. The third kappa shape index (κ3) is 7.81. The number of aliphatic hydroxyl groups excluding tert-OH is 1. The first kappa shape index (κ1) is 34.9. The summed E-state index contributed by atoms with van der Waals surface area (Å²) in [5.41, 5.74) is 11.9. The van der Waals surface area contributed by atoms with Gasteiger partial charge in [-0.25, -0.2) is 0 Å². The van der Waals surface area contributed by atoms with Crippen LogP contribution in [0.15, 0.2) is 102 Å². The second-order valence-electron chi connectivity index (χ2n) is 14.5. The molecule has 4 heteroatoms. The first-order valence-corrected chi connectivity index (χ1v) is 17.7. The summed E-state index contributed by atoms with van der Waals surface area (Å²) in [6.45, 7) is 19.5. The van der Waals surface area contributed by atoms with E-state index in [0.717, 1.165) is 61.3 Å². The molecule has 48 heavy (non-hydrogen) atoms. The Balaban J connectivity index is 1.41. The van der Waals surface area contributed by atoms with Gasteiger partial charge in [0.15, 0.2) is 0 Å². The molecule has 0 saturated heterocycles. The van der Waals surface area contributed by atoms with Crippen LogP contribution in [0.1, 0.15) is 81.2 Å². The average Bonchev–Trinajstić information content (AvgIpc) is 3.03. The summed E-state index contributed by atoms with van der Waals surface area (Å²) in [5.74, 6) is 1.27. The molecule has 0 amide bonds. The molecular formula is C44H53N2O2+. The minimum absolute atomic E-state index is 0.0758. The van der Waals surface area contributed by atoms with Gasteiger partial charge in [0.25, 0.3) is 0 Å². The number of aryl methyl sites for hydroxylation is 4. The smallest absolute Gasteiger partial charge is 0.208 e. The number of carbonyl (C=O) groups is 1. The van der Waals surface area contributed by atoms with Crippen molar-refractivity contribution >= 4 is 34.1 Å². The Morgan fingerprint density at radius 2 is 1.31 bits per heavy atom. The molecule has 5 rings (SSSR count). The molecule has 0 aromatic heterocycles. The SMILES string of the molecule is Cc1ccc(N(CCCC(C)C)c2ccc(C3=C(O)C(=C4C=CC(=[N+](CCCC(C)C)c5ccc(C)cc5C)C=C4)C3=O)cc2)c(C)c1. The molecule has 0 fully saturated rings. The van der Waals surface area contributed by atoms with E-state index in [1.807, 2.05) is 24.3 Å². The fourth-order valence-electron chi connectivity index (χ4n) is 6.86. The minimum atomic E-state index is -0.112. The number of hydrogen-bond donors (Lipinski definition) is 1. The van der Waals surface area contributed by atoms with E-state index in [1.54, 1.807) is 0 Å². The number of rotatable bonds is 12. The summed E-state index contributed by atoms with van der Waals surface area (Å²) >= 11 is 0. The molecule has 0 spiro atoms. The number of hydrogen-bond acceptors (Lipinski definition) is 3. The molecule has 0 unspecified atom stereocenters. The first-order valence-electron chi connectivity index (χ1n) is 17.7. The van der Waals surface area contributed by atoms with Crippen molar-refractivity contribution in [2.75, 3.05) is 18.0 Å². The Morgan fingerprint density at radius 1 is 0.708 bits per heavy atom. The van der Waals surface area contributed by atoms with Crippen LogP contribution in [0.5, 0.6) is 0 Å². The minimum Gasteiger partial charge on any atom is -0.506 e. The van der Waals surface area contributed by atoms with Gasteiger partial charge in [-0.3, -0.25) is 4.79 Å². The van der Waals surface area contributed by atoms with Crippen LogP contribution >= 0.6 is 0 Å². The molecule has 250 valence electrons. The molecular weight excluding hydrogens is 588 g/mol. The highest BCUT2D eigenvalue weighted by Gasteiger charge is 2.37. The second kappa shape index (κ2) is 15.2. The van der Waals surface area contributed by atoms with Gasteiger partial charge >= 0.3 is 0 Å². The Morgan fingerprint density at radius 3 is 1.90 bits per heavy atom. The zero-order valence-electron chi connectivity index (χ0n) is 30.2. The average molecular weight is 642 g/mol. The van der Waals surface area contributed by atoms with Gasteiger partial charge in [-0.1, -0.05) is 69.2 Å². The number of ketones is 1. The lowest BCUT2D eigenvalue weighted by Crippen LogP contribution is -2.24. The highest BCUT2D eigenvalue weighted by molar-refractivity contribution is 6.39. The van der Waals surface area contributed by atoms with Crippen molar-refractivity contribution in [2.24, 2.45) is 11.8 Å². The lowest BCUT2D eigenvalue weighted by atomic mass is 9.80. The zero-order chi connectivity index (χ0) is 34.5. The van der Waals surface area contributed by atoms with E-state index in [0.29, 0.717) is 23.0 Å². The van der Waals surface area contributed by atoms with Crippen LogP contribution in [-0.2, 0) is 4.79 Å². The van der Waals surface area contributed by atoms with Crippen LogP contribution in [0.25, 0.3) is 5.57 Å². The summed E-state index contributed by atoms with van der Waals surface area (Å²) < 4.78 is 2.38. The van der Waals surface area contributed by atoms with Crippen LogP contribution in [0.2, 0.25) is 0 Å². The van der Waals surface area contributed by atoms with Crippen molar-refractivity contribution in [1.82, 2.24) is 0 Å². The van der Waals surface area contributed by atoms with Crippen LogP contribution in [0, 0.1) is 39.5 Å². The molecule has 0 bridgehead atoms. The molecule has 2 aliphatic rings. The Labute approximate surface area is 288 Å². The number of carbonyl (C=O) groups excluding carboxylic acids is 1. The van der Waals surface area contributed by atoms with Crippen LogP contribution in [0.4, 0.5) is 17.1 Å². The molecule has 0 radical (unpaired) electrons. The predicted molar refractivity (Wildman–Crippen MR) is 203 cm³/mol. The molecule has 0 aliphatic heterocycles. The van der Waals surface area contributed by atoms with E-state index >= 15 is 0 Å².